The van der Waals surface area contributed by atoms with E-state index in [0.717, 1.165) is 25.8 Å². The van der Waals surface area contributed by atoms with E-state index < -0.39 is 5.60 Å². The molecule has 1 unspecified atom stereocenters. The van der Waals surface area contributed by atoms with Gasteiger partial charge in [0.1, 0.15) is 0 Å². The SMILES string of the molecule is CC(C)CCC(C)(O)CCNC(C)(C)C. The lowest BCUT2D eigenvalue weighted by Crippen LogP contribution is -2.39. The van der Waals surface area contributed by atoms with E-state index in [1.165, 1.54) is 0 Å². The third kappa shape index (κ3) is 10.2. The Labute approximate surface area is 95.5 Å². The van der Waals surface area contributed by atoms with Crippen LogP contribution in [0, 0.1) is 5.92 Å². The van der Waals surface area contributed by atoms with Gasteiger partial charge in [-0.2, -0.15) is 0 Å². The minimum atomic E-state index is -0.511. The Balaban J connectivity index is 3.74. The first-order valence-electron chi connectivity index (χ1n) is 6.10. The van der Waals surface area contributed by atoms with Gasteiger partial charge in [-0.3, -0.25) is 0 Å². The van der Waals surface area contributed by atoms with E-state index in [4.69, 9.17) is 0 Å². The fourth-order valence-electron chi connectivity index (χ4n) is 1.43. The number of hydrogen-bond acceptors (Lipinski definition) is 2. The molecule has 92 valence electrons. The van der Waals surface area contributed by atoms with Gasteiger partial charge in [0.15, 0.2) is 0 Å². The van der Waals surface area contributed by atoms with E-state index in [0.29, 0.717) is 5.92 Å². The summed E-state index contributed by atoms with van der Waals surface area (Å²) in [5.41, 5.74) is -0.364. The lowest BCUT2D eigenvalue weighted by Gasteiger charge is -2.27. The summed E-state index contributed by atoms with van der Waals surface area (Å²) in [6.07, 6.45) is 2.83. The van der Waals surface area contributed by atoms with Crippen LogP contribution in [0.25, 0.3) is 0 Å². The van der Waals surface area contributed by atoms with Crippen LogP contribution in [0.3, 0.4) is 0 Å². The Morgan fingerprint density at radius 2 is 1.60 bits per heavy atom. The Morgan fingerprint density at radius 3 is 2.00 bits per heavy atom. The van der Waals surface area contributed by atoms with Gasteiger partial charge in [-0.25, -0.2) is 0 Å². The molecule has 15 heavy (non-hydrogen) atoms. The van der Waals surface area contributed by atoms with Crippen molar-refractivity contribution in [2.24, 2.45) is 5.92 Å². The van der Waals surface area contributed by atoms with Crippen LogP contribution in [-0.4, -0.2) is 22.8 Å². The maximum atomic E-state index is 10.1. The minimum Gasteiger partial charge on any atom is -0.390 e. The summed E-state index contributed by atoms with van der Waals surface area (Å²) < 4.78 is 0. The summed E-state index contributed by atoms with van der Waals surface area (Å²) in [7, 11) is 0. The molecule has 0 radical (unpaired) electrons. The summed E-state index contributed by atoms with van der Waals surface area (Å²) in [6.45, 7) is 13.7. The maximum Gasteiger partial charge on any atom is 0.0632 e. The molecule has 0 aliphatic rings. The van der Waals surface area contributed by atoms with Gasteiger partial charge in [-0.1, -0.05) is 13.8 Å². The number of rotatable bonds is 6. The zero-order valence-electron chi connectivity index (χ0n) is 11.4. The molecule has 0 aromatic carbocycles. The van der Waals surface area contributed by atoms with Crippen molar-refractivity contribution in [3.63, 3.8) is 0 Å². The third-order valence-corrected chi connectivity index (χ3v) is 2.58. The van der Waals surface area contributed by atoms with Crippen LogP contribution in [-0.2, 0) is 0 Å². The van der Waals surface area contributed by atoms with Gasteiger partial charge >= 0.3 is 0 Å². The molecule has 0 bridgehead atoms. The largest absolute Gasteiger partial charge is 0.390 e. The summed E-state index contributed by atoms with van der Waals surface area (Å²) in [5.74, 6) is 0.673. The molecule has 1 atom stereocenters. The van der Waals surface area contributed by atoms with Gasteiger partial charge in [0.25, 0.3) is 0 Å². The maximum absolute atomic E-state index is 10.1. The molecule has 0 saturated carbocycles. The third-order valence-electron chi connectivity index (χ3n) is 2.58. The summed E-state index contributed by atoms with van der Waals surface area (Å²) in [6, 6.07) is 0. The van der Waals surface area contributed by atoms with Crippen molar-refractivity contribution in [3.8, 4) is 0 Å². The lowest BCUT2D eigenvalue weighted by molar-refractivity contribution is 0.0356. The first-order valence-corrected chi connectivity index (χ1v) is 6.10. The molecule has 0 aliphatic carbocycles. The topological polar surface area (TPSA) is 32.3 Å². The van der Waals surface area contributed by atoms with E-state index in [-0.39, 0.29) is 5.54 Å². The molecule has 2 N–H and O–H groups in total. The fraction of sp³-hybridized carbons (Fsp3) is 1.00. The highest BCUT2D eigenvalue weighted by Crippen LogP contribution is 2.19. The van der Waals surface area contributed by atoms with Crippen molar-refractivity contribution >= 4 is 0 Å². The predicted molar refractivity (Wildman–Crippen MR) is 67.1 cm³/mol. The number of nitrogens with one attached hydrogen (secondary N) is 1. The normalized spacial score (nSPS) is 16.8. The van der Waals surface area contributed by atoms with E-state index in [1.54, 1.807) is 0 Å². The summed E-state index contributed by atoms with van der Waals surface area (Å²) in [4.78, 5) is 0. The smallest absolute Gasteiger partial charge is 0.0632 e. The Bertz CT molecular complexity index is 168. The van der Waals surface area contributed by atoms with Crippen LogP contribution in [0.5, 0.6) is 0 Å². The van der Waals surface area contributed by atoms with Gasteiger partial charge in [0.2, 0.25) is 0 Å². The Hall–Kier alpha value is -0.0800. The molecule has 0 heterocycles. The summed E-state index contributed by atoms with van der Waals surface area (Å²) >= 11 is 0. The second kappa shape index (κ2) is 5.86. The zero-order valence-corrected chi connectivity index (χ0v) is 11.4. The van der Waals surface area contributed by atoms with Crippen molar-refractivity contribution in [2.75, 3.05) is 6.54 Å². The second-order valence-corrected chi connectivity index (χ2v) is 6.36. The molecule has 0 saturated heterocycles. The Kier molecular flexibility index (Phi) is 5.82. The van der Waals surface area contributed by atoms with Crippen molar-refractivity contribution in [2.45, 2.75) is 71.9 Å². The average Bonchev–Trinajstić information content (AvgIpc) is 1.98. The number of hydrogen-bond donors (Lipinski definition) is 2. The average molecular weight is 215 g/mol. The number of aliphatic hydroxyl groups is 1. The summed E-state index contributed by atoms with van der Waals surface area (Å²) in [5, 5.41) is 13.5. The predicted octanol–water partition coefficient (Wildman–Crippen LogP) is 2.95. The van der Waals surface area contributed by atoms with Gasteiger partial charge in [0.05, 0.1) is 5.60 Å². The standard InChI is InChI=1S/C13H29NO/c1-11(2)7-8-13(6,15)9-10-14-12(3,4)5/h11,14-15H,7-10H2,1-6H3. The van der Waals surface area contributed by atoms with Crippen LogP contribution in [0.15, 0.2) is 0 Å². The Morgan fingerprint density at radius 1 is 1.07 bits per heavy atom. The molecular weight excluding hydrogens is 186 g/mol. The van der Waals surface area contributed by atoms with Gasteiger partial charge < -0.3 is 10.4 Å². The molecule has 2 nitrogen and oxygen atoms in total. The minimum absolute atomic E-state index is 0.147. The van der Waals surface area contributed by atoms with Crippen molar-refractivity contribution in [1.82, 2.24) is 5.32 Å². The van der Waals surface area contributed by atoms with E-state index in [2.05, 4.69) is 39.9 Å². The molecule has 0 rings (SSSR count). The van der Waals surface area contributed by atoms with E-state index in [1.807, 2.05) is 6.92 Å². The highest BCUT2D eigenvalue weighted by atomic mass is 16.3. The van der Waals surface area contributed by atoms with Gasteiger partial charge in [-0.05, 0) is 59.4 Å². The zero-order chi connectivity index (χ0) is 12.1. The molecule has 0 amide bonds. The van der Waals surface area contributed by atoms with E-state index in [9.17, 15) is 5.11 Å². The van der Waals surface area contributed by atoms with Crippen LogP contribution < -0.4 is 5.32 Å². The molecule has 0 fully saturated rings. The van der Waals surface area contributed by atoms with Gasteiger partial charge in [-0.15, -0.1) is 0 Å². The molecule has 0 spiro atoms. The fourth-order valence-corrected chi connectivity index (χ4v) is 1.43. The molecule has 2 heteroatoms. The molecular formula is C13H29NO. The van der Waals surface area contributed by atoms with Gasteiger partial charge in [0, 0.05) is 5.54 Å². The quantitative estimate of drug-likeness (QED) is 0.714. The first kappa shape index (κ1) is 14.9. The van der Waals surface area contributed by atoms with Crippen LogP contribution in [0.1, 0.15) is 60.8 Å². The molecule has 0 aromatic heterocycles. The van der Waals surface area contributed by atoms with E-state index >= 15 is 0 Å². The monoisotopic (exact) mass is 215 g/mol. The first-order chi connectivity index (χ1) is 6.62. The molecule has 0 aromatic rings. The van der Waals surface area contributed by atoms with Crippen molar-refractivity contribution in [3.05, 3.63) is 0 Å². The van der Waals surface area contributed by atoms with Crippen LogP contribution >= 0.6 is 0 Å². The second-order valence-electron chi connectivity index (χ2n) is 6.36. The van der Waals surface area contributed by atoms with Crippen LogP contribution in [0.4, 0.5) is 0 Å². The van der Waals surface area contributed by atoms with Crippen molar-refractivity contribution < 1.29 is 5.11 Å². The lowest BCUT2D eigenvalue weighted by atomic mass is 9.92. The van der Waals surface area contributed by atoms with Crippen molar-refractivity contribution in [1.29, 1.82) is 0 Å². The highest BCUT2D eigenvalue weighted by Gasteiger charge is 2.21. The molecule has 0 aliphatic heterocycles. The highest BCUT2D eigenvalue weighted by molar-refractivity contribution is 4.77. The van der Waals surface area contributed by atoms with Crippen LogP contribution in [0.2, 0.25) is 0 Å².